The molecule has 0 unspecified atom stereocenters. The van der Waals surface area contributed by atoms with E-state index in [1.54, 1.807) is 6.07 Å². The van der Waals surface area contributed by atoms with Crippen molar-refractivity contribution in [2.24, 2.45) is 17.8 Å². The highest BCUT2D eigenvalue weighted by molar-refractivity contribution is 6.36. The molecule has 2 bridgehead atoms. The summed E-state index contributed by atoms with van der Waals surface area (Å²) < 4.78 is 0. The lowest BCUT2D eigenvalue weighted by Crippen LogP contribution is -2.57. The molecule has 1 fully saturated rings. The lowest BCUT2D eigenvalue weighted by molar-refractivity contribution is -0.148. The molecule has 3 aromatic carbocycles. The van der Waals surface area contributed by atoms with Gasteiger partial charge in [-0.1, -0.05) is 80.6 Å². The van der Waals surface area contributed by atoms with E-state index in [2.05, 4.69) is 5.32 Å². The number of halogens is 2. The second-order valence-electron chi connectivity index (χ2n) is 10.5. The zero-order valence-corrected chi connectivity index (χ0v) is 22.2. The fourth-order valence-corrected chi connectivity index (χ4v) is 7.70. The van der Waals surface area contributed by atoms with Crippen LogP contribution >= 0.6 is 23.2 Å². The van der Waals surface area contributed by atoms with Gasteiger partial charge in [0.15, 0.2) is 0 Å². The quantitative estimate of drug-likeness (QED) is 0.353. The van der Waals surface area contributed by atoms with Crippen molar-refractivity contribution in [1.29, 1.82) is 0 Å². The van der Waals surface area contributed by atoms with Crippen LogP contribution in [0.1, 0.15) is 41.7 Å². The predicted molar refractivity (Wildman–Crippen MR) is 143 cm³/mol. The fourth-order valence-electron chi connectivity index (χ4n) is 6.60. The molecular formula is C30H26Cl2N2O3. The number of carbonyl (C=O) groups is 3. The number of amides is 3. The molecule has 1 saturated heterocycles. The number of hydrogen-bond donors (Lipinski definition) is 1. The predicted octanol–water partition coefficient (Wildman–Crippen LogP) is 5.55. The zero-order chi connectivity index (χ0) is 26.3. The number of aryl methyl sites for hydroxylation is 1. The summed E-state index contributed by atoms with van der Waals surface area (Å²) in [7, 11) is 0. The van der Waals surface area contributed by atoms with Gasteiger partial charge in [0.1, 0.15) is 15.8 Å². The Hall–Kier alpha value is -3.15. The highest BCUT2D eigenvalue weighted by Crippen LogP contribution is 2.69. The van der Waals surface area contributed by atoms with E-state index in [4.69, 9.17) is 23.2 Å². The first-order valence-corrected chi connectivity index (χ1v) is 13.2. The molecule has 1 heterocycles. The first kappa shape index (κ1) is 24.2. The zero-order valence-electron chi connectivity index (χ0n) is 20.7. The van der Waals surface area contributed by atoms with Crippen LogP contribution in [0.2, 0.25) is 0 Å². The van der Waals surface area contributed by atoms with Crippen LogP contribution in [0.25, 0.3) is 0 Å². The van der Waals surface area contributed by atoms with Crippen molar-refractivity contribution in [2.75, 3.05) is 5.32 Å². The molecule has 4 aliphatic rings. The topological polar surface area (TPSA) is 66.5 Å². The second kappa shape index (κ2) is 8.17. The third kappa shape index (κ3) is 3.01. The summed E-state index contributed by atoms with van der Waals surface area (Å²) in [5.74, 6) is -3.54. The maximum Gasteiger partial charge on any atom is 0.247 e. The monoisotopic (exact) mass is 532 g/mol. The number of likely N-dealkylation sites (tertiary alicyclic amines) is 1. The SMILES string of the molecule is Cc1ccccc1NC(=O)[C@H](C(C)C)N1C(=O)[C@@H]2[C@@H](C1=O)C1(Cl)c3ccccc3C2(Cl)c2ccccc21. The number of benzene rings is 3. The van der Waals surface area contributed by atoms with Gasteiger partial charge in [0.05, 0.1) is 11.8 Å². The summed E-state index contributed by atoms with van der Waals surface area (Å²) in [4.78, 5) is 40.8. The van der Waals surface area contributed by atoms with Gasteiger partial charge in [0, 0.05) is 5.69 Å². The van der Waals surface area contributed by atoms with Crippen LogP contribution in [0.4, 0.5) is 5.69 Å². The van der Waals surface area contributed by atoms with Crippen molar-refractivity contribution in [3.63, 3.8) is 0 Å². The number of anilines is 1. The summed E-state index contributed by atoms with van der Waals surface area (Å²) in [6.07, 6.45) is 0. The summed E-state index contributed by atoms with van der Waals surface area (Å²) >= 11 is 15.0. The normalized spacial score (nSPS) is 28.1. The van der Waals surface area contributed by atoms with Crippen molar-refractivity contribution in [1.82, 2.24) is 4.90 Å². The maximum absolute atomic E-state index is 14.3. The number of nitrogens with one attached hydrogen (secondary N) is 1. The van der Waals surface area contributed by atoms with Crippen LogP contribution in [0.5, 0.6) is 0 Å². The third-order valence-corrected chi connectivity index (χ3v) is 9.49. The standard InChI is InChI=1S/C30H26Cl2N2O3/c1-16(2)25(26(35)33-22-15-9-4-10-17(22)3)34-27(36)23-24(28(34)37)30(32)19-12-6-5-11-18(19)29(23,31)20-13-7-8-14-21(20)30/h4-16,23-25H,1-3H3,(H,33,35)/t23-,24-,25-,29?,30?/m0/s1. The minimum Gasteiger partial charge on any atom is -0.324 e. The van der Waals surface area contributed by atoms with Gasteiger partial charge >= 0.3 is 0 Å². The summed E-state index contributed by atoms with van der Waals surface area (Å²) in [6.45, 7) is 5.55. The van der Waals surface area contributed by atoms with E-state index in [1.165, 1.54) is 0 Å². The molecule has 7 rings (SSSR count). The highest BCUT2D eigenvalue weighted by Gasteiger charge is 2.73. The molecule has 37 heavy (non-hydrogen) atoms. The van der Waals surface area contributed by atoms with Gasteiger partial charge in [-0.05, 0) is 46.7 Å². The molecule has 1 aliphatic heterocycles. The fraction of sp³-hybridized carbons (Fsp3) is 0.300. The Morgan fingerprint density at radius 1 is 0.784 bits per heavy atom. The van der Waals surface area contributed by atoms with Crippen molar-refractivity contribution >= 4 is 46.6 Å². The molecule has 5 nitrogen and oxygen atoms in total. The Balaban J connectivity index is 1.50. The average molecular weight is 533 g/mol. The molecule has 1 N–H and O–H groups in total. The number of imide groups is 1. The van der Waals surface area contributed by atoms with E-state index in [1.807, 2.05) is 87.5 Å². The molecule has 0 saturated carbocycles. The molecule has 0 aromatic heterocycles. The number of alkyl halides is 2. The van der Waals surface area contributed by atoms with Crippen LogP contribution in [0.15, 0.2) is 72.8 Å². The molecule has 3 atom stereocenters. The van der Waals surface area contributed by atoms with Gasteiger partial charge in [-0.3, -0.25) is 19.3 Å². The van der Waals surface area contributed by atoms with Gasteiger partial charge in [-0.15, -0.1) is 23.2 Å². The molecular weight excluding hydrogens is 507 g/mol. The molecule has 0 spiro atoms. The summed E-state index contributed by atoms with van der Waals surface area (Å²) in [6, 6.07) is 21.4. The first-order valence-electron chi connectivity index (χ1n) is 12.4. The molecule has 3 amide bonds. The number of hydrogen-bond acceptors (Lipinski definition) is 3. The second-order valence-corrected chi connectivity index (χ2v) is 11.7. The summed E-state index contributed by atoms with van der Waals surface area (Å²) in [5.41, 5.74) is 4.46. The maximum atomic E-state index is 14.3. The van der Waals surface area contributed by atoms with Crippen molar-refractivity contribution < 1.29 is 14.4 Å². The van der Waals surface area contributed by atoms with Crippen LogP contribution in [0.3, 0.4) is 0 Å². The molecule has 188 valence electrons. The van der Waals surface area contributed by atoms with E-state index in [9.17, 15) is 14.4 Å². The summed E-state index contributed by atoms with van der Waals surface area (Å²) in [5, 5.41) is 2.93. The molecule has 3 aromatic rings. The van der Waals surface area contributed by atoms with Crippen molar-refractivity contribution in [2.45, 2.75) is 36.6 Å². The molecule has 3 aliphatic carbocycles. The number of rotatable bonds is 4. The van der Waals surface area contributed by atoms with Crippen molar-refractivity contribution in [3.05, 3.63) is 101 Å². The van der Waals surface area contributed by atoms with Gasteiger partial charge in [0.2, 0.25) is 17.7 Å². The van der Waals surface area contributed by atoms with Crippen LogP contribution < -0.4 is 5.32 Å². The minimum absolute atomic E-state index is 0.336. The molecule has 0 radical (unpaired) electrons. The number of carbonyl (C=O) groups excluding carboxylic acids is 3. The lowest BCUT2D eigenvalue weighted by Gasteiger charge is -2.54. The first-order chi connectivity index (χ1) is 17.6. The van der Waals surface area contributed by atoms with E-state index in [-0.39, 0.29) is 5.92 Å². The number of para-hydroxylation sites is 1. The largest absolute Gasteiger partial charge is 0.324 e. The minimum atomic E-state index is -1.27. The number of nitrogens with zero attached hydrogens (tertiary/aromatic N) is 1. The average Bonchev–Trinajstić information content (AvgIpc) is 3.15. The van der Waals surface area contributed by atoms with Crippen LogP contribution in [-0.4, -0.2) is 28.7 Å². The van der Waals surface area contributed by atoms with Crippen molar-refractivity contribution in [3.8, 4) is 0 Å². The highest BCUT2D eigenvalue weighted by atomic mass is 35.5. The third-order valence-electron chi connectivity index (χ3n) is 8.20. The van der Waals surface area contributed by atoms with Gasteiger partial charge in [0.25, 0.3) is 0 Å². The lowest BCUT2D eigenvalue weighted by atomic mass is 9.54. The van der Waals surface area contributed by atoms with Crippen LogP contribution in [-0.2, 0) is 24.1 Å². The smallest absolute Gasteiger partial charge is 0.247 e. The Labute approximate surface area is 225 Å². The van der Waals surface area contributed by atoms with Gasteiger partial charge in [-0.25, -0.2) is 0 Å². The Kier molecular flexibility index (Phi) is 5.35. The van der Waals surface area contributed by atoms with Crippen LogP contribution in [0, 0.1) is 24.7 Å². The Morgan fingerprint density at radius 2 is 1.19 bits per heavy atom. The Morgan fingerprint density at radius 3 is 1.59 bits per heavy atom. The van der Waals surface area contributed by atoms with E-state index in [0.717, 1.165) is 32.7 Å². The van der Waals surface area contributed by atoms with E-state index in [0.29, 0.717) is 5.69 Å². The van der Waals surface area contributed by atoms with E-state index < -0.39 is 45.3 Å². The van der Waals surface area contributed by atoms with Gasteiger partial charge < -0.3 is 5.32 Å². The molecule has 7 heteroatoms. The van der Waals surface area contributed by atoms with Gasteiger partial charge in [-0.2, -0.15) is 0 Å². The Bertz CT molecular complexity index is 1360. The van der Waals surface area contributed by atoms with E-state index >= 15 is 0 Å².